The van der Waals surface area contributed by atoms with Gasteiger partial charge in [0.25, 0.3) is 0 Å². The lowest BCUT2D eigenvalue weighted by atomic mass is 10.2. The number of carbonyl (C=O) groups is 1. The minimum Gasteiger partial charge on any atom is -0.490 e. The zero-order valence-corrected chi connectivity index (χ0v) is 16.1. The summed E-state index contributed by atoms with van der Waals surface area (Å²) in [7, 11) is 1.55. The molecule has 0 saturated heterocycles. The molecule has 156 valence electrons. The Labute approximate surface area is 167 Å². The number of anilines is 1. The van der Waals surface area contributed by atoms with Gasteiger partial charge in [0, 0.05) is 19.4 Å². The van der Waals surface area contributed by atoms with Crippen LogP contribution in [0.3, 0.4) is 0 Å². The van der Waals surface area contributed by atoms with E-state index in [9.17, 15) is 13.6 Å². The Balaban J connectivity index is 2.06. The lowest BCUT2D eigenvalue weighted by Gasteiger charge is -2.11. The van der Waals surface area contributed by atoms with Gasteiger partial charge in [-0.15, -0.1) is 0 Å². The maximum absolute atomic E-state index is 12.5. The molecule has 2 aromatic rings. The fourth-order valence-electron chi connectivity index (χ4n) is 2.26. The summed E-state index contributed by atoms with van der Waals surface area (Å²) < 4.78 is 45.0. The van der Waals surface area contributed by atoms with Crippen LogP contribution in [0.15, 0.2) is 42.6 Å². The Kier molecular flexibility index (Phi) is 8.84. The van der Waals surface area contributed by atoms with Crippen LogP contribution in [0, 0.1) is 0 Å². The molecule has 0 aliphatic heterocycles. The second kappa shape index (κ2) is 11.6. The van der Waals surface area contributed by atoms with E-state index in [1.54, 1.807) is 32.4 Å². The molecule has 1 amide bonds. The molecular formula is C20H22F2N2O5. The smallest absolute Gasteiger partial charge is 0.387 e. The predicted octanol–water partition coefficient (Wildman–Crippen LogP) is 3.76. The van der Waals surface area contributed by atoms with E-state index in [2.05, 4.69) is 15.0 Å². The predicted molar refractivity (Wildman–Crippen MR) is 104 cm³/mol. The Hall–Kier alpha value is -3.20. The summed E-state index contributed by atoms with van der Waals surface area (Å²) in [5, 5.41) is 2.68. The Morgan fingerprint density at radius 3 is 2.76 bits per heavy atom. The molecule has 1 aromatic heterocycles. The number of aromatic nitrogens is 1. The van der Waals surface area contributed by atoms with Crippen LogP contribution in [0.5, 0.6) is 17.4 Å². The van der Waals surface area contributed by atoms with E-state index in [0.717, 1.165) is 0 Å². The summed E-state index contributed by atoms with van der Waals surface area (Å²) in [6.45, 7) is -0.278. The largest absolute Gasteiger partial charge is 0.490 e. The molecule has 0 aliphatic rings. The SMILES string of the molecule is CCOc1cc(/C=C/C(=O)Nc2cccnc2OCCOC)ccc1OC(F)F. The number of benzene rings is 1. The highest BCUT2D eigenvalue weighted by atomic mass is 19.3. The van der Waals surface area contributed by atoms with Gasteiger partial charge in [-0.2, -0.15) is 8.78 Å². The number of nitrogens with one attached hydrogen (secondary N) is 1. The molecule has 29 heavy (non-hydrogen) atoms. The number of nitrogens with zero attached hydrogens (tertiary/aromatic N) is 1. The number of ether oxygens (including phenoxy) is 4. The molecule has 2 rings (SSSR count). The minimum atomic E-state index is -2.96. The molecule has 0 spiro atoms. The van der Waals surface area contributed by atoms with E-state index in [4.69, 9.17) is 14.2 Å². The second-order valence-corrected chi connectivity index (χ2v) is 5.54. The lowest BCUT2D eigenvalue weighted by molar-refractivity contribution is -0.111. The fraction of sp³-hybridized carbons (Fsp3) is 0.300. The quantitative estimate of drug-likeness (QED) is 0.451. The van der Waals surface area contributed by atoms with Gasteiger partial charge < -0.3 is 24.3 Å². The zero-order chi connectivity index (χ0) is 21.1. The van der Waals surface area contributed by atoms with E-state index < -0.39 is 12.5 Å². The zero-order valence-electron chi connectivity index (χ0n) is 16.1. The first kappa shape index (κ1) is 22.1. The monoisotopic (exact) mass is 408 g/mol. The first-order chi connectivity index (χ1) is 14.0. The average Bonchev–Trinajstić information content (AvgIpc) is 2.69. The fourth-order valence-corrected chi connectivity index (χ4v) is 2.26. The van der Waals surface area contributed by atoms with Crippen molar-refractivity contribution in [3.63, 3.8) is 0 Å². The number of hydrogen-bond acceptors (Lipinski definition) is 6. The summed E-state index contributed by atoms with van der Waals surface area (Å²) in [5.41, 5.74) is 0.988. The van der Waals surface area contributed by atoms with Crippen molar-refractivity contribution in [3.8, 4) is 17.4 Å². The molecule has 1 N–H and O–H groups in total. The highest BCUT2D eigenvalue weighted by molar-refractivity contribution is 6.02. The van der Waals surface area contributed by atoms with Gasteiger partial charge >= 0.3 is 6.61 Å². The Bertz CT molecular complexity index is 830. The second-order valence-electron chi connectivity index (χ2n) is 5.54. The number of alkyl halides is 2. The third-order valence-corrected chi connectivity index (χ3v) is 3.47. The number of hydrogen-bond donors (Lipinski definition) is 1. The molecule has 0 bridgehead atoms. The summed E-state index contributed by atoms with van der Waals surface area (Å²) >= 11 is 0. The van der Waals surface area contributed by atoms with E-state index >= 15 is 0 Å². The summed E-state index contributed by atoms with van der Waals surface area (Å²) in [6.07, 6.45) is 4.36. The molecule has 9 heteroatoms. The molecule has 0 unspecified atom stereocenters. The van der Waals surface area contributed by atoms with Crippen LogP contribution in [0.4, 0.5) is 14.5 Å². The lowest BCUT2D eigenvalue weighted by Crippen LogP contribution is -2.12. The van der Waals surface area contributed by atoms with Crippen LogP contribution in [0.25, 0.3) is 6.08 Å². The maximum atomic E-state index is 12.5. The molecule has 0 saturated carbocycles. The van der Waals surface area contributed by atoms with Gasteiger partial charge in [0.05, 0.1) is 13.2 Å². The molecule has 0 atom stereocenters. The molecule has 7 nitrogen and oxygen atoms in total. The highest BCUT2D eigenvalue weighted by Gasteiger charge is 2.11. The van der Waals surface area contributed by atoms with E-state index in [0.29, 0.717) is 24.5 Å². The van der Waals surface area contributed by atoms with Crippen molar-refractivity contribution in [3.05, 3.63) is 48.2 Å². The van der Waals surface area contributed by atoms with E-state index in [1.807, 2.05) is 0 Å². The topological polar surface area (TPSA) is 78.9 Å². The van der Waals surface area contributed by atoms with E-state index in [1.165, 1.54) is 30.4 Å². The number of methoxy groups -OCH3 is 1. The van der Waals surface area contributed by atoms with Crippen molar-refractivity contribution in [1.82, 2.24) is 4.98 Å². The number of amides is 1. The minimum absolute atomic E-state index is 0.0725. The Morgan fingerprint density at radius 1 is 1.21 bits per heavy atom. The first-order valence-corrected chi connectivity index (χ1v) is 8.81. The number of halogens is 2. The summed E-state index contributed by atoms with van der Waals surface area (Å²) in [4.78, 5) is 16.3. The van der Waals surface area contributed by atoms with Crippen molar-refractivity contribution < 1.29 is 32.5 Å². The maximum Gasteiger partial charge on any atom is 0.387 e. The van der Waals surface area contributed by atoms with Gasteiger partial charge in [-0.3, -0.25) is 4.79 Å². The molecule has 1 heterocycles. The van der Waals surface area contributed by atoms with Crippen molar-refractivity contribution >= 4 is 17.7 Å². The van der Waals surface area contributed by atoms with Crippen molar-refractivity contribution in [2.45, 2.75) is 13.5 Å². The average molecular weight is 408 g/mol. The van der Waals surface area contributed by atoms with Gasteiger partial charge in [-0.25, -0.2) is 4.98 Å². The Morgan fingerprint density at radius 2 is 2.03 bits per heavy atom. The van der Waals surface area contributed by atoms with Crippen LogP contribution in [-0.2, 0) is 9.53 Å². The van der Waals surface area contributed by atoms with Crippen LogP contribution < -0.4 is 19.5 Å². The van der Waals surface area contributed by atoms with Crippen LogP contribution in [0.1, 0.15) is 12.5 Å². The molecule has 1 aromatic carbocycles. The van der Waals surface area contributed by atoms with Crippen molar-refractivity contribution in [2.75, 3.05) is 32.2 Å². The number of pyridine rings is 1. The molecule has 0 aliphatic carbocycles. The third-order valence-electron chi connectivity index (χ3n) is 3.47. The molecular weight excluding hydrogens is 386 g/mol. The van der Waals surface area contributed by atoms with E-state index in [-0.39, 0.29) is 24.0 Å². The van der Waals surface area contributed by atoms with Crippen LogP contribution in [-0.4, -0.2) is 44.4 Å². The first-order valence-electron chi connectivity index (χ1n) is 8.81. The third kappa shape index (κ3) is 7.38. The normalized spacial score (nSPS) is 10.9. The van der Waals surface area contributed by atoms with Gasteiger partial charge in [-0.1, -0.05) is 6.07 Å². The number of carbonyl (C=O) groups excluding carboxylic acids is 1. The number of rotatable bonds is 11. The van der Waals surface area contributed by atoms with Crippen molar-refractivity contribution in [2.24, 2.45) is 0 Å². The van der Waals surface area contributed by atoms with Gasteiger partial charge in [0.15, 0.2) is 11.5 Å². The molecule has 0 radical (unpaired) electrons. The molecule has 0 fully saturated rings. The van der Waals surface area contributed by atoms with Gasteiger partial charge in [-0.05, 0) is 42.8 Å². The summed E-state index contributed by atoms with van der Waals surface area (Å²) in [5.74, 6) is -0.0491. The summed E-state index contributed by atoms with van der Waals surface area (Å²) in [6, 6.07) is 7.72. The van der Waals surface area contributed by atoms with Crippen LogP contribution in [0.2, 0.25) is 0 Å². The van der Waals surface area contributed by atoms with Gasteiger partial charge in [0.2, 0.25) is 11.8 Å². The standard InChI is InChI=1S/C20H22F2N2O5/c1-3-27-17-13-14(6-8-16(17)29-20(21)22)7-9-18(25)24-15-5-4-10-23-19(15)28-12-11-26-2/h4-10,13,20H,3,11-12H2,1-2H3,(H,24,25)/b9-7+. The highest BCUT2D eigenvalue weighted by Crippen LogP contribution is 2.30. The van der Waals surface area contributed by atoms with Crippen molar-refractivity contribution in [1.29, 1.82) is 0 Å². The van der Waals surface area contributed by atoms with Gasteiger partial charge in [0.1, 0.15) is 12.3 Å². The van der Waals surface area contributed by atoms with Crippen LogP contribution >= 0.6 is 0 Å².